The molecule has 0 fully saturated rings. The number of halogens is 2. The Balaban J connectivity index is 2.07. The normalized spacial score (nSPS) is 12.4. The lowest BCUT2D eigenvalue weighted by atomic mass is 10.00. The van der Waals surface area contributed by atoms with Gasteiger partial charge >= 0.3 is 0 Å². The first-order valence-corrected chi connectivity index (χ1v) is 6.60. The Labute approximate surface area is 117 Å². The van der Waals surface area contributed by atoms with E-state index in [4.69, 9.17) is 11.6 Å². The molecule has 1 N–H and O–H groups in total. The zero-order valence-electron chi connectivity index (χ0n) is 10.7. The van der Waals surface area contributed by atoms with Gasteiger partial charge in [-0.05, 0) is 31.0 Å². The molecule has 0 saturated carbocycles. The van der Waals surface area contributed by atoms with Gasteiger partial charge in [-0.2, -0.15) is 0 Å². The van der Waals surface area contributed by atoms with Gasteiger partial charge in [0.05, 0.1) is 6.10 Å². The second-order valence-electron chi connectivity index (χ2n) is 4.75. The molecule has 0 aromatic heterocycles. The highest BCUT2D eigenvalue weighted by Gasteiger charge is 2.13. The van der Waals surface area contributed by atoms with E-state index in [0.29, 0.717) is 17.0 Å². The molecular weight excluding hydrogens is 263 g/mol. The van der Waals surface area contributed by atoms with Crippen molar-refractivity contribution in [2.24, 2.45) is 0 Å². The highest BCUT2D eigenvalue weighted by molar-refractivity contribution is 6.31. The summed E-state index contributed by atoms with van der Waals surface area (Å²) in [6.07, 6.45) is 0.0717. The smallest absolute Gasteiger partial charge is 0.127 e. The molecule has 0 spiro atoms. The Kier molecular flexibility index (Phi) is 4.56. The third-order valence-electron chi connectivity index (χ3n) is 3.06. The minimum atomic E-state index is -0.642. The Hall–Kier alpha value is -1.38. The van der Waals surface area contributed by atoms with Crippen LogP contribution in [-0.2, 0) is 12.8 Å². The molecule has 1 unspecified atom stereocenters. The van der Waals surface area contributed by atoms with Crippen LogP contribution in [0.15, 0.2) is 42.5 Å². The summed E-state index contributed by atoms with van der Waals surface area (Å²) in [7, 11) is 0. The van der Waals surface area contributed by atoms with Crippen molar-refractivity contribution in [3.8, 4) is 0 Å². The summed E-state index contributed by atoms with van der Waals surface area (Å²) in [4.78, 5) is 0. The number of benzene rings is 2. The summed E-state index contributed by atoms with van der Waals surface area (Å²) >= 11 is 5.95. The minimum absolute atomic E-state index is 0.222. The zero-order chi connectivity index (χ0) is 13.8. The number of rotatable bonds is 4. The molecule has 0 heterocycles. The molecule has 1 atom stereocenters. The lowest BCUT2D eigenvalue weighted by Gasteiger charge is -2.13. The summed E-state index contributed by atoms with van der Waals surface area (Å²) in [5.74, 6) is -0.365. The second-order valence-corrected chi connectivity index (χ2v) is 5.16. The van der Waals surface area contributed by atoms with E-state index in [0.717, 1.165) is 11.1 Å². The van der Waals surface area contributed by atoms with Crippen LogP contribution in [0.4, 0.5) is 4.39 Å². The van der Waals surface area contributed by atoms with Crippen LogP contribution in [0.2, 0.25) is 5.02 Å². The van der Waals surface area contributed by atoms with Crippen LogP contribution < -0.4 is 0 Å². The predicted molar refractivity (Wildman–Crippen MR) is 76.0 cm³/mol. The van der Waals surface area contributed by atoms with E-state index in [2.05, 4.69) is 0 Å². The first-order chi connectivity index (χ1) is 9.06. The molecule has 0 aliphatic rings. The van der Waals surface area contributed by atoms with Gasteiger partial charge < -0.3 is 5.11 Å². The number of hydrogen-bond acceptors (Lipinski definition) is 1. The Morgan fingerprint density at radius 2 is 1.89 bits per heavy atom. The largest absolute Gasteiger partial charge is 0.392 e. The second kappa shape index (κ2) is 6.18. The van der Waals surface area contributed by atoms with Gasteiger partial charge in [-0.25, -0.2) is 4.39 Å². The average Bonchev–Trinajstić information content (AvgIpc) is 2.34. The van der Waals surface area contributed by atoms with E-state index < -0.39 is 6.10 Å². The molecule has 2 rings (SSSR count). The quantitative estimate of drug-likeness (QED) is 0.898. The molecular formula is C16H16ClFO. The van der Waals surface area contributed by atoms with Gasteiger partial charge in [-0.1, -0.05) is 47.5 Å². The maximum atomic E-state index is 13.6. The maximum Gasteiger partial charge on any atom is 0.127 e. The summed E-state index contributed by atoms with van der Waals surface area (Å²) in [5.41, 5.74) is 2.57. The maximum absolute atomic E-state index is 13.6. The molecule has 0 aliphatic carbocycles. The van der Waals surface area contributed by atoms with Crippen LogP contribution in [0.3, 0.4) is 0 Å². The lowest BCUT2D eigenvalue weighted by Crippen LogP contribution is -2.15. The van der Waals surface area contributed by atoms with E-state index in [9.17, 15) is 9.50 Å². The fraction of sp³-hybridized carbons (Fsp3) is 0.250. The summed E-state index contributed by atoms with van der Waals surface area (Å²) in [6, 6.07) is 12.5. The van der Waals surface area contributed by atoms with Crippen molar-refractivity contribution in [2.75, 3.05) is 0 Å². The van der Waals surface area contributed by atoms with Crippen molar-refractivity contribution in [3.63, 3.8) is 0 Å². The summed E-state index contributed by atoms with van der Waals surface area (Å²) in [5, 5.41) is 10.4. The molecule has 1 nitrogen and oxygen atoms in total. The fourth-order valence-electron chi connectivity index (χ4n) is 2.15. The molecule has 0 aliphatic heterocycles. The van der Waals surface area contributed by atoms with Gasteiger partial charge in [-0.3, -0.25) is 0 Å². The molecule has 2 aromatic carbocycles. The van der Waals surface area contributed by atoms with Gasteiger partial charge in [-0.15, -0.1) is 0 Å². The Morgan fingerprint density at radius 3 is 2.58 bits per heavy atom. The zero-order valence-corrected chi connectivity index (χ0v) is 11.5. The van der Waals surface area contributed by atoms with E-state index in [1.807, 2.05) is 31.2 Å². The van der Waals surface area contributed by atoms with Crippen LogP contribution in [0.25, 0.3) is 0 Å². The van der Waals surface area contributed by atoms with Crippen LogP contribution in [-0.4, -0.2) is 11.2 Å². The fourth-order valence-corrected chi connectivity index (χ4v) is 2.39. The van der Waals surface area contributed by atoms with Crippen molar-refractivity contribution in [1.82, 2.24) is 0 Å². The van der Waals surface area contributed by atoms with Gasteiger partial charge in [0, 0.05) is 17.0 Å². The van der Waals surface area contributed by atoms with Gasteiger partial charge in [0.2, 0.25) is 0 Å². The standard InChI is InChI=1S/C16H16ClFO/c1-11-4-2-5-12(8-11)9-13(19)10-14-15(17)6-3-7-16(14)18/h2-8,13,19H,9-10H2,1H3. The minimum Gasteiger partial charge on any atom is -0.392 e. The van der Waals surface area contributed by atoms with Crippen molar-refractivity contribution in [1.29, 1.82) is 0 Å². The van der Waals surface area contributed by atoms with E-state index in [1.165, 1.54) is 6.07 Å². The van der Waals surface area contributed by atoms with Crippen LogP contribution >= 0.6 is 11.6 Å². The van der Waals surface area contributed by atoms with Gasteiger partial charge in [0.25, 0.3) is 0 Å². The average molecular weight is 279 g/mol. The predicted octanol–water partition coefficient (Wildman–Crippen LogP) is 3.93. The van der Waals surface area contributed by atoms with Crippen LogP contribution in [0, 0.1) is 12.7 Å². The summed E-state index contributed by atoms with van der Waals surface area (Å²) in [6.45, 7) is 2.00. The van der Waals surface area contributed by atoms with Crippen molar-refractivity contribution >= 4 is 11.6 Å². The topological polar surface area (TPSA) is 20.2 Å². The SMILES string of the molecule is Cc1cccc(CC(O)Cc2c(F)cccc2Cl)c1. The van der Waals surface area contributed by atoms with Crippen molar-refractivity contribution < 1.29 is 9.50 Å². The number of aliphatic hydroxyl groups excluding tert-OH is 1. The molecule has 0 amide bonds. The molecule has 19 heavy (non-hydrogen) atoms. The molecule has 0 saturated heterocycles. The third-order valence-corrected chi connectivity index (χ3v) is 3.41. The monoisotopic (exact) mass is 278 g/mol. The van der Waals surface area contributed by atoms with E-state index in [-0.39, 0.29) is 12.2 Å². The molecule has 100 valence electrons. The highest BCUT2D eigenvalue weighted by Crippen LogP contribution is 2.21. The molecule has 0 radical (unpaired) electrons. The highest BCUT2D eigenvalue weighted by atomic mass is 35.5. The number of hydrogen-bond donors (Lipinski definition) is 1. The summed E-state index contributed by atoms with van der Waals surface area (Å²) < 4.78 is 13.6. The van der Waals surface area contributed by atoms with E-state index >= 15 is 0 Å². The Bertz CT molecular complexity index is 548. The molecule has 2 aromatic rings. The van der Waals surface area contributed by atoms with Crippen molar-refractivity contribution in [3.05, 3.63) is 70.0 Å². The molecule has 0 bridgehead atoms. The third kappa shape index (κ3) is 3.79. The Morgan fingerprint density at radius 1 is 1.16 bits per heavy atom. The first-order valence-electron chi connectivity index (χ1n) is 6.23. The van der Waals surface area contributed by atoms with Gasteiger partial charge in [0.15, 0.2) is 0 Å². The lowest BCUT2D eigenvalue weighted by molar-refractivity contribution is 0.174. The molecule has 3 heteroatoms. The number of aryl methyl sites for hydroxylation is 1. The van der Waals surface area contributed by atoms with E-state index in [1.54, 1.807) is 12.1 Å². The first kappa shape index (κ1) is 14.0. The van der Waals surface area contributed by atoms with Gasteiger partial charge in [0.1, 0.15) is 5.82 Å². The number of aliphatic hydroxyl groups is 1. The van der Waals surface area contributed by atoms with Crippen LogP contribution in [0.1, 0.15) is 16.7 Å². The van der Waals surface area contributed by atoms with Crippen molar-refractivity contribution in [2.45, 2.75) is 25.9 Å². The van der Waals surface area contributed by atoms with Crippen LogP contribution in [0.5, 0.6) is 0 Å².